The molecule has 2 aromatic carbocycles. The van der Waals surface area contributed by atoms with Gasteiger partial charge < -0.3 is 10.6 Å². The van der Waals surface area contributed by atoms with E-state index in [2.05, 4.69) is 10.6 Å². The number of alkyl halides is 3. The van der Waals surface area contributed by atoms with Crippen LogP contribution in [0.15, 0.2) is 60.7 Å². The third kappa shape index (κ3) is 5.18. The van der Waals surface area contributed by atoms with Crippen molar-refractivity contribution in [2.45, 2.75) is 36.5 Å². The second kappa shape index (κ2) is 9.15. The summed E-state index contributed by atoms with van der Waals surface area (Å²) in [6, 6.07) is 13.3. The van der Waals surface area contributed by atoms with Gasteiger partial charge in [0.1, 0.15) is 0 Å². The number of rotatable bonds is 7. The van der Waals surface area contributed by atoms with Crippen molar-refractivity contribution in [2.75, 3.05) is 6.54 Å². The third-order valence-electron chi connectivity index (χ3n) is 4.91. The van der Waals surface area contributed by atoms with Crippen molar-refractivity contribution in [1.82, 2.24) is 15.4 Å². The molecule has 3 atom stereocenters. The van der Waals surface area contributed by atoms with Crippen molar-refractivity contribution in [3.8, 4) is 0 Å². The van der Waals surface area contributed by atoms with Crippen LogP contribution in [0.1, 0.15) is 36.1 Å². The first-order valence-corrected chi connectivity index (χ1v) is 10.9. The minimum Gasteiger partial charge on any atom is -0.346 e. The SMILES string of the molecule is O=C(N[C@@H](c1ccccc1)[C@H](NS(=O)(=O)C(F)(F)F)c1ccccc1)[C@H]1CCCN1. The zero-order valence-corrected chi connectivity index (χ0v) is 16.7. The van der Waals surface area contributed by atoms with Crippen LogP contribution in [0.5, 0.6) is 0 Å². The molecule has 2 aromatic rings. The Kier molecular flexibility index (Phi) is 6.79. The minimum absolute atomic E-state index is 0.291. The summed E-state index contributed by atoms with van der Waals surface area (Å²) in [5.41, 5.74) is -4.72. The number of halogens is 3. The molecule has 0 aliphatic carbocycles. The van der Waals surface area contributed by atoms with Gasteiger partial charge in [-0.25, -0.2) is 8.42 Å². The van der Waals surface area contributed by atoms with E-state index in [1.807, 2.05) is 0 Å². The average Bonchev–Trinajstić information content (AvgIpc) is 3.26. The Labute approximate surface area is 172 Å². The van der Waals surface area contributed by atoms with E-state index in [1.54, 1.807) is 53.3 Å². The van der Waals surface area contributed by atoms with Crippen LogP contribution in [0.25, 0.3) is 0 Å². The van der Waals surface area contributed by atoms with Crippen molar-refractivity contribution in [3.05, 3.63) is 71.8 Å². The molecule has 0 unspecified atom stereocenters. The summed E-state index contributed by atoms with van der Waals surface area (Å²) < 4.78 is 65.1. The molecule has 1 saturated heterocycles. The first-order valence-electron chi connectivity index (χ1n) is 9.41. The summed E-state index contributed by atoms with van der Waals surface area (Å²) in [6.07, 6.45) is 1.40. The Morgan fingerprint density at radius 3 is 1.97 bits per heavy atom. The van der Waals surface area contributed by atoms with Crippen LogP contribution in [0.2, 0.25) is 0 Å². The van der Waals surface area contributed by atoms with E-state index < -0.39 is 39.6 Å². The van der Waals surface area contributed by atoms with Crippen LogP contribution in [0.4, 0.5) is 13.2 Å². The van der Waals surface area contributed by atoms with E-state index in [4.69, 9.17) is 0 Å². The van der Waals surface area contributed by atoms with Gasteiger partial charge in [-0.15, -0.1) is 0 Å². The van der Waals surface area contributed by atoms with Gasteiger partial charge in [0.2, 0.25) is 5.91 Å². The second-order valence-electron chi connectivity index (χ2n) is 7.00. The molecule has 162 valence electrons. The second-order valence-corrected chi connectivity index (χ2v) is 8.71. The number of carbonyl (C=O) groups is 1. The Hall–Kier alpha value is -2.43. The quantitative estimate of drug-likeness (QED) is 0.617. The maximum absolute atomic E-state index is 13.1. The van der Waals surface area contributed by atoms with Crippen molar-refractivity contribution >= 4 is 15.9 Å². The highest BCUT2D eigenvalue weighted by molar-refractivity contribution is 7.90. The zero-order valence-electron chi connectivity index (χ0n) is 15.9. The molecule has 0 radical (unpaired) electrons. The predicted molar refractivity (Wildman–Crippen MR) is 106 cm³/mol. The summed E-state index contributed by atoms with van der Waals surface area (Å²) in [6.45, 7) is 0.664. The number of hydrogen-bond acceptors (Lipinski definition) is 4. The summed E-state index contributed by atoms with van der Waals surface area (Å²) >= 11 is 0. The number of hydrogen-bond donors (Lipinski definition) is 3. The average molecular weight is 441 g/mol. The largest absolute Gasteiger partial charge is 0.511 e. The normalized spacial score (nSPS) is 19.2. The predicted octanol–water partition coefficient (Wildman–Crippen LogP) is 2.78. The van der Waals surface area contributed by atoms with Crippen molar-refractivity contribution in [1.29, 1.82) is 0 Å². The molecule has 10 heteroatoms. The first-order chi connectivity index (χ1) is 14.2. The highest BCUT2D eigenvalue weighted by atomic mass is 32.2. The van der Waals surface area contributed by atoms with Crippen LogP contribution in [-0.2, 0) is 14.8 Å². The summed E-state index contributed by atoms with van der Waals surface area (Å²) in [4.78, 5) is 12.8. The lowest BCUT2D eigenvalue weighted by molar-refractivity contribution is -0.123. The molecule has 0 aromatic heterocycles. The van der Waals surface area contributed by atoms with E-state index in [0.29, 0.717) is 24.1 Å². The van der Waals surface area contributed by atoms with Gasteiger partial charge >= 0.3 is 15.5 Å². The smallest absolute Gasteiger partial charge is 0.346 e. The Morgan fingerprint density at radius 2 is 1.50 bits per heavy atom. The molecular formula is C20H22F3N3O3S. The monoisotopic (exact) mass is 441 g/mol. The van der Waals surface area contributed by atoms with Gasteiger partial charge in [-0.2, -0.15) is 17.9 Å². The van der Waals surface area contributed by atoms with E-state index in [-0.39, 0.29) is 0 Å². The van der Waals surface area contributed by atoms with Crippen LogP contribution in [-0.4, -0.2) is 32.4 Å². The summed E-state index contributed by atoms with van der Waals surface area (Å²) in [5.74, 6) is -0.395. The maximum atomic E-state index is 13.1. The summed E-state index contributed by atoms with van der Waals surface area (Å²) in [7, 11) is -5.67. The molecule has 1 fully saturated rings. The summed E-state index contributed by atoms with van der Waals surface area (Å²) in [5, 5.41) is 5.79. The van der Waals surface area contributed by atoms with Gasteiger partial charge in [-0.3, -0.25) is 4.79 Å². The van der Waals surface area contributed by atoms with Crippen LogP contribution in [0.3, 0.4) is 0 Å². The molecule has 6 nitrogen and oxygen atoms in total. The van der Waals surface area contributed by atoms with Gasteiger partial charge in [-0.1, -0.05) is 60.7 Å². The van der Waals surface area contributed by atoms with E-state index in [9.17, 15) is 26.4 Å². The zero-order chi connectivity index (χ0) is 21.8. The molecule has 0 bridgehead atoms. The molecule has 3 N–H and O–H groups in total. The standard InChI is InChI=1S/C20H22F3N3O3S/c21-20(22,23)30(28,29)26-18(15-10-5-2-6-11-15)17(14-8-3-1-4-9-14)25-19(27)16-12-7-13-24-16/h1-6,8-11,16-18,24,26H,7,12-13H2,(H,25,27)/t16-,17+,18-/m1/s1. The molecule has 1 amide bonds. The van der Waals surface area contributed by atoms with Gasteiger partial charge in [0, 0.05) is 0 Å². The number of sulfonamides is 1. The van der Waals surface area contributed by atoms with E-state index in [1.165, 1.54) is 12.1 Å². The minimum atomic E-state index is -5.67. The van der Waals surface area contributed by atoms with Crippen molar-refractivity contribution in [3.63, 3.8) is 0 Å². The van der Waals surface area contributed by atoms with Crippen LogP contribution >= 0.6 is 0 Å². The number of benzene rings is 2. The molecule has 30 heavy (non-hydrogen) atoms. The highest BCUT2D eigenvalue weighted by Crippen LogP contribution is 2.33. The third-order valence-corrected chi connectivity index (χ3v) is 6.09. The fourth-order valence-electron chi connectivity index (χ4n) is 3.40. The fourth-order valence-corrected chi connectivity index (χ4v) is 4.14. The van der Waals surface area contributed by atoms with Gasteiger partial charge in [0.25, 0.3) is 0 Å². The number of carbonyl (C=O) groups excluding carboxylic acids is 1. The molecule has 0 spiro atoms. The highest BCUT2D eigenvalue weighted by Gasteiger charge is 2.48. The molecule has 1 aliphatic heterocycles. The molecular weight excluding hydrogens is 419 g/mol. The Bertz CT molecular complexity index is 948. The fraction of sp³-hybridized carbons (Fsp3) is 0.350. The van der Waals surface area contributed by atoms with Gasteiger partial charge in [-0.05, 0) is 30.5 Å². The van der Waals surface area contributed by atoms with E-state index >= 15 is 0 Å². The van der Waals surface area contributed by atoms with Gasteiger partial charge in [0.05, 0.1) is 18.1 Å². The molecule has 1 aliphatic rings. The molecule has 1 heterocycles. The lowest BCUT2D eigenvalue weighted by Gasteiger charge is -2.30. The van der Waals surface area contributed by atoms with Crippen LogP contribution < -0.4 is 15.4 Å². The van der Waals surface area contributed by atoms with E-state index in [0.717, 1.165) is 6.42 Å². The van der Waals surface area contributed by atoms with Crippen LogP contribution in [0, 0.1) is 0 Å². The number of nitrogens with one attached hydrogen (secondary N) is 3. The molecule has 3 rings (SSSR count). The topological polar surface area (TPSA) is 87.3 Å². The Balaban J connectivity index is 2.02. The Morgan fingerprint density at radius 1 is 0.967 bits per heavy atom. The lowest BCUT2D eigenvalue weighted by Crippen LogP contribution is -2.48. The molecule has 0 saturated carbocycles. The number of amides is 1. The first kappa shape index (κ1) is 22.3. The van der Waals surface area contributed by atoms with Gasteiger partial charge in [0.15, 0.2) is 0 Å². The maximum Gasteiger partial charge on any atom is 0.511 e. The van der Waals surface area contributed by atoms with Crippen molar-refractivity contribution < 1.29 is 26.4 Å². The lowest BCUT2D eigenvalue weighted by atomic mass is 9.93. The van der Waals surface area contributed by atoms with Crippen molar-refractivity contribution in [2.24, 2.45) is 0 Å².